The summed E-state index contributed by atoms with van der Waals surface area (Å²) in [7, 11) is 0. The smallest absolute Gasteiger partial charge is 0.312 e. The maximum Gasteiger partial charge on any atom is 0.312 e. The molecule has 2 aromatic carbocycles. The Balaban J connectivity index is 1.23. The second-order valence-corrected chi connectivity index (χ2v) is 9.23. The van der Waals surface area contributed by atoms with E-state index < -0.39 is 0 Å². The Hall–Kier alpha value is -2.62. The largest absolute Gasteiger partial charge is 0.455 e. The highest BCUT2D eigenvalue weighted by atomic mass is 16.5. The van der Waals surface area contributed by atoms with E-state index in [-0.39, 0.29) is 23.9 Å². The molecular formula is C25H27NO3. The highest BCUT2D eigenvalue weighted by molar-refractivity contribution is 5.97. The molecule has 0 unspecified atom stereocenters. The summed E-state index contributed by atoms with van der Waals surface area (Å²) >= 11 is 0. The van der Waals surface area contributed by atoms with Crippen molar-refractivity contribution >= 4 is 17.6 Å². The first-order valence-electron chi connectivity index (χ1n) is 10.7. The molecule has 0 aliphatic heterocycles. The van der Waals surface area contributed by atoms with Gasteiger partial charge in [-0.2, -0.15) is 0 Å². The molecule has 1 N–H and O–H groups in total. The number of hydrogen-bond donors (Lipinski definition) is 1. The zero-order chi connectivity index (χ0) is 19.8. The van der Waals surface area contributed by atoms with E-state index >= 15 is 0 Å². The number of benzene rings is 2. The molecule has 2 aromatic rings. The van der Waals surface area contributed by atoms with Crippen molar-refractivity contribution in [2.75, 3.05) is 11.9 Å². The highest BCUT2D eigenvalue weighted by Gasteiger charge is 2.55. The molecule has 4 saturated carbocycles. The van der Waals surface area contributed by atoms with Crippen LogP contribution in [-0.4, -0.2) is 18.5 Å². The molecule has 4 fully saturated rings. The minimum atomic E-state index is -0.322. The molecule has 4 aliphatic rings. The van der Waals surface area contributed by atoms with Crippen LogP contribution in [0.4, 0.5) is 5.69 Å². The monoisotopic (exact) mass is 389 g/mol. The van der Waals surface area contributed by atoms with Gasteiger partial charge < -0.3 is 10.1 Å². The number of para-hydroxylation sites is 1. The van der Waals surface area contributed by atoms with E-state index in [1.165, 1.54) is 19.3 Å². The van der Waals surface area contributed by atoms with Gasteiger partial charge in [-0.25, -0.2) is 0 Å². The zero-order valence-corrected chi connectivity index (χ0v) is 16.6. The van der Waals surface area contributed by atoms with Crippen molar-refractivity contribution in [1.29, 1.82) is 0 Å². The van der Waals surface area contributed by atoms with Crippen LogP contribution in [0.2, 0.25) is 0 Å². The number of rotatable bonds is 5. The van der Waals surface area contributed by atoms with E-state index in [0.717, 1.165) is 36.1 Å². The number of ether oxygens (including phenoxy) is 1. The van der Waals surface area contributed by atoms with Gasteiger partial charge >= 0.3 is 5.97 Å². The third-order valence-electron chi connectivity index (χ3n) is 7.09. The van der Waals surface area contributed by atoms with E-state index in [1.54, 1.807) is 0 Å². The third-order valence-corrected chi connectivity index (χ3v) is 7.09. The lowest BCUT2D eigenvalue weighted by Gasteiger charge is -2.55. The van der Waals surface area contributed by atoms with E-state index in [1.807, 2.05) is 54.6 Å². The number of carbonyl (C=O) groups excluding carboxylic acids is 2. The quantitative estimate of drug-likeness (QED) is 0.728. The molecule has 29 heavy (non-hydrogen) atoms. The lowest BCUT2D eigenvalue weighted by molar-refractivity contribution is -0.172. The van der Waals surface area contributed by atoms with Crippen molar-refractivity contribution < 1.29 is 14.3 Å². The number of nitrogens with one attached hydrogen (secondary N) is 1. The third kappa shape index (κ3) is 3.57. The first-order valence-corrected chi connectivity index (χ1v) is 10.7. The molecule has 6 rings (SSSR count). The van der Waals surface area contributed by atoms with Gasteiger partial charge in [-0.05, 0) is 67.9 Å². The van der Waals surface area contributed by atoms with Crippen LogP contribution in [0.25, 0.3) is 11.1 Å². The minimum absolute atomic E-state index is 0.150. The topological polar surface area (TPSA) is 55.4 Å². The summed E-state index contributed by atoms with van der Waals surface area (Å²) in [6.07, 6.45) is 6.71. The lowest BCUT2D eigenvalue weighted by Crippen LogP contribution is -2.50. The van der Waals surface area contributed by atoms with Crippen LogP contribution < -0.4 is 5.32 Å². The number of amides is 1. The van der Waals surface area contributed by atoms with Crippen LogP contribution in [0.15, 0.2) is 54.6 Å². The van der Waals surface area contributed by atoms with E-state index in [2.05, 4.69) is 5.32 Å². The molecule has 0 heterocycles. The summed E-state index contributed by atoms with van der Waals surface area (Å²) < 4.78 is 5.56. The van der Waals surface area contributed by atoms with Gasteiger partial charge in [0.05, 0.1) is 5.41 Å². The van der Waals surface area contributed by atoms with Gasteiger partial charge in [-0.3, -0.25) is 9.59 Å². The van der Waals surface area contributed by atoms with E-state index in [9.17, 15) is 9.59 Å². The predicted molar refractivity (Wildman–Crippen MR) is 112 cm³/mol. The van der Waals surface area contributed by atoms with Crippen molar-refractivity contribution in [3.63, 3.8) is 0 Å². The summed E-state index contributed by atoms with van der Waals surface area (Å²) in [5.41, 5.74) is 2.40. The van der Waals surface area contributed by atoms with E-state index in [4.69, 9.17) is 4.74 Å². The molecule has 1 amide bonds. The standard InChI is InChI=1S/C25H27NO3/c27-23(26-22-9-5-4-8-21(22)20-6-2-1-3-7-20)16-29-24(28)25-13-17-10-18(14-25)12-19(11-17)15-25/h1-9,17-19H,10-16H2,(H,26,27). The fraction of sp³-hybridized carbons (Fsp3) is 0.440. The second kappa shape index (κ2) is 7.33. The summed E-state index contributed by atoms with van der Waals surface area (Å²) in [6, 6.07) is 17.6. The van der Waals surface area contributed by atoms with Gasteiger partial charge in [0.15, 0.2) is 6.61 Å². The second-order valence-electron chi connectivity index (χ2n) is 9.23. The molecule has 0 radical (unpaired) electrons. The maximum absolute atomic E-state index is 12.9. The van der Waals surface area contributed by atoms with Gasteiger partial charge in [0.25, 0.3) is 5.91 Å². The molecule has 4 bridgehead atoms. The molecule has 0 aromatic heterocycles. The summed E-state index contributed by atoms with van der Waals surface area (Å²) in [5.74, 6) is 1.61. The summed E-state index contributed by atoms with van der Waals surface area (Å²) in [6.45, 7) is -0.219. The summed E-state index contributed by atoms with van der Waals surface area (Å²) in [5, 5.41) is 2.92. The Morgan fingerprint density at radius 3 is 2.10 bits per heavy atom. The number of carbonyl (C=O) groups is 2. The normalized spacial score (nSPS) is 29.4. The van der Waals surface area contributed by atoms with Gasteiger partial charge in [-0.15, -0.1) is 0 Å². The maximum atomic E-state index is 12.9. The average molecular weight is 389 g/mol. The molecule has 4 aliphatic carbocycles. The summed E-state index contributed by atoms with van der Waals surface area (Å²) in [4.78, 5) is 25.5. The fourth-order valence-corrected chi connectivity index (χ4v) is 6.29. The van der Waals surface area contributed by atoms with Crippen molar-refractivity contribution in [3.8, 4) is 11.1 Å². The Labute approximate surface area is 171 Å². The first kappa shape index (κ1) is 18.4. The van der Waals surface area contributed by atoms with Crippen LogP contribution in [0.3, 0.4) is 0 Å². The Morgan fingerprint density at radius 2 is 1.45 bits per heavy atom. The molecule has 4 heteroatoms. The molecule has 0 saturated heterocycles. The van der Waals surface area contributed by atoms with Crippen LogP contribution in [0.5, 0.6) is 0 Å². The van der Waals surface area contributed by atoms with Crippen LogP contribution >= 0.6 is 0 Å². The number of anilines is 1. The van der Waals surface area contributed by atoms with Crippen LogP contribution in [-0.2, 0) is 14.3 Å². The van der Waals surface area contributed by atoms with Gasteiger partial charge in [0, 0.05) is 11.3 Å². The van der Waals surface area contributed by atoms with Gasteiger partial charge in [0.1, 0.15) is 0 Å². The Bertz CT molecular complexity index is 885. The lowest BCUT2D eigenvalue weighted by atomic mass is 9.49. The fourth-order valence-electron chi connectivity index (χ4n) is 6.29. The zero-order valence-electron chi connectivity index (χ0n) is 16.6. The predicted octanol–water partition coefficient (Wildman–Crippen LogP) is 5.05. The van der Waals surface area contributed by atoms with Crippen molar-refractivity contribution in [2.24, 2.45) is 23.2 Å². The average Bonchev–Trinajstić information content (AvgIpc) is 2.72. The van der Waals surface area contributed by atoms with Crippen molar-refractivity contribution in [1.82, 2.24) is 0 Å². The number of esters is 1. The first-order chi connectivity index (χ1) is 14.1. The van der Waals surface area contributed by atoms with Crippen LogP contribution in [0, 0.1) is 23.2 Å². The molecule has 0 atom stereocenters. The Morgan fingerprint density at radius 1 is 0.862 bits per heavy atom. The molecule has 0 spiro atoms. The van der Waals surface area contributed by atoms with Crippen molar-refractivity contribution in [3.05, 3.63) is 54.6 Å². The minimum Gasteiger partial charge on any atom is -0.455 e. The number of hydrogen-bond acceptors (Lipinski definition) is 3. The highest BCUT2D eigenvalue weighted by Crippen LogP contribution is 2.60. The van der Waals surface area contributed by atoms with Crippen molar-refractivity contribution in [2.45, 2.75) is 38.5 Å². The molecular weight excluding hydrogens is 362 g/mol. The SMILES string of the molecule is O=C(COC(=O)C12CC3CC(CC(C3)C1)C2)Nc1ccccc1-c1ccccc1. The van der Waals surface area contributed by atoms with Gasteiger partial charge in [0.2, 0.25) is 0 Å². The van der Waals surface area contributed by atoms with E-state index in [0.29, 0.717) is 17.8 Å². The van der Waals surface area contributed by atoms with Crippen LogP contribution in [0.1, 0.15) is 38.5 Å². The molecule has 4 nitrogen and oxygen atoms in total. The molecule has 150 valence electrons. The van der Waals surface area contributed by atoms with Gasteiger partial charge in [-0.1, -0.05) is 48.5 Å². The Kier molecular flexibility index (Phi) is 4.65.